The van der Waals surface area contributed by atoms with Crippen LogP contribution in [0.25, 0.3) is 0 Å². The minimum absolute atomic E-state index is 0.0127. The lowest BCUT2D eigenvalue weighted by molar-refractivity contribution is -0.169. The highest BCUT2D eigenvalue weighted by atomic mass is 16.5. The Morgan fingerprint density at radius 2 is 1.61 bits per heavy atom. The van der Waals surface area contributed by atoms with E-state index in [1.807, 2.05) is 13.0 Å². The van der Waals surface area contributed by atoms with Crippen LogP contribution in [0.3, 0.4) is 0 Å². The summed E-state index contributed by atoms with van der Waals surface area (Å²) in [7, 11) is 2.15. The van der Waals surface area contributed by atoms with E-state index >= 15 is 0 Å². The first-order chi connectivity index (χ1) is 15.7. The molecule has 0 aromatic heterocycles. The zero-order valence-electron chi connectivity index (χ0n) is 19.3. The van der Waals surface area contributed by atoms with Crippen molar-refractivity contribution < 1.29 is 38.1 Å². The number of aryl methyl sites for hydroxylation is 1. The van der Waals surface area contributed by atoms with Crippen LogP contribution in [0.15, 0.2) is 24.3 Å². The van der Waals surface area contributed by atoms with E-state index in [2.05, 4.69) is 5.32 Å². The van der Waals surface area contributed by atoms with Gasteiger partial charge in [-0.3, -0.25) is 19.7 Å². The van der Waals surface area contributed by atoms with Crippen molar-refractivity contribution in [3.05, 3.63) is 35.4 Å². The number of nitrogens with one attached hydrogen (secondary N) is 1. The molecule has 0 aliphatic carbocycles. The van der Waals surface area contributed by atoms with E-state index in [0.29, 0.717) is 5.56 Å². The number of hydrogen-bond acceptors (Lipinski definition) is 10. The molecule has 0 saturated carbocycles. The molecule has 1 fully saturated rings. The molecule has 1 heterocycles. The van der Waals surface area contributed by atoms with Gasteiger partial charge in [0.1, 0.15) is 6.04 Å². The topological polar surface area (TPSA) is 141 Å². The van der Waals surface area contributed by atoms with Crippen molar-refractivity contribution in [1.29, 1.82) is 5.26 Å². The Hall–Kier alpha value is -3.45. The molecule has 1 aliphatic rings. The van der Waals surface area contributed by atoms with Gasteiger partial charge in [-0.15, -0.1) is 0 Å². The lowest BCUT2D eigenvalue weighted by atomic mass is 9.61. The smallest absolute Gasteiger partial charge is 0.329 e. The molecule has 10 nitrogen and oxygen atoms in total. The first-order valence-corrected chi connectivity index (χ1v) is 10.4. The third-order valence-corrected chi connectivity index (χ3v) is 5.80. The van der Waals surface area contributed by atoms with Gasteiger partial charge in [-0.1, -0.05) is 29.8 Å². The van der Waals surface area contributed by atoms with Crippen LogP contribution in [-0.4, -0.2) is 62.9 Å². The van der Waals surface area contributed by atoms with Crippen molar-refractivity contribution in [1.82, 2.24) is 5.32 Å². The fourth-order valence-corrected chi connectivity index (χ4v) is 4.32. The van der Waals surface area contributed by atoms with Crippen LogP contribution >= 0.6 is 0 Å². The number of carbonyl (C=O) groups is 4. The number of carbonyl (C=O) groups excluding carboxylic acids is 4. The van der Waals surface area contributed by atoms with Crippen LogP contribution in [-0.2, 0) is 38.1 Å². The number of benzene rings is 1. The third kappa shape index (κ3) is 4.28. The quantitative estimate of drug-likeness (QED) is 0.444. The number of nitriles is 1. The van der Waals surface area contributed by atoms with Gasteiger partial charge in [0.15, 0.2) is 11.0 Å². The summed E-state index contributed by atoms with van der Waals surface area (Å²) in [6.45, 7) is 4.88. The molecule has 0 radical (unpaired) electrons. The van der Waals surface area contributed by atoms with Gasteiger partial charge < -0.3 is 18.9 Å². The molecule has 0 unspecified atom stereocenters. The Morgan fingerprint density at radius 1 is 1.00 bits per heavy atom. The van der Waals surface area contributed by atoms with E-state index in [0.717, 1.165) is 19.8 Å². The standard InChI is InChI=1S/C23H28N2O8/c1-6-32-19(27)18-17(15-10-8-14(3)9-11-15)22(13-24,20(28)33-7-2)23(25-18,21(29)31-5)12-16(26)30-4/h8-11,17-18,25H,6-7,12H2,1-5H3/t17-,18+,22-,23-/m0/s1. The van der Waals surface area contributed by atoms with Gasteiger partial charge in [0, 0.05) is 5.92 Å². The molecule has 1 aromatic rings. The predicted octanol–water partition coefficient (Wildman–Crippen LogP) is 1.16. The highest BCUT2D eigenvalue weighted by molar-refractivity contribution is 6.01. The van der Waals surface area contributed by atoms with Crippen molar-refractivity contribution in [2.75, 3.05) is 27.4 Å². The van der Waals surface area contributed by atoms with Crippen molar-refractivity contribution in [3.63, 3.8) is 0 Å². The molecule has 1 aromatic carbocycles. The highest BCUT2D eigenvalue weighted by Gasteiger charge is 2.76. The zero-order valence-corrected chi connectivity index (χ0v) is 19.3. The Morgan fingerprint density at radius 3 is 2.09 bits per heavy atom. The third-order valence-electron chi connectivity index (χ3n) is 5.80. The summed E-state index contributed by atoms with van der Waals surface area (Å²) >= 11 is 0. The monoisotopic (exact) mass is 460 g/mol. The van der Waals surface area contributed by atoms with Gasteiger partial charge in [-0.05, 0) is 26.3 Å². The fourth-order valence-electron chi connectivity index (χ4n) is 4.32. The van der Waals surface area contributed by atoms with E-state index in [-0.39, 0.29) is 13.2 Å². The van der Waals surface area contributed by atoms with Gasteiger partial charge in [-0.2, -0.15) is 5.26 Å². The maximum Gasteiger partial charge on any atom is 0.329 e. The molecule has 0 spiro atoms. The molecular weight excluding hydrogens is 432 g/mol. The van der Waals surface area contributed by atoms with Crippen LogP contribution < -0.4 is 5.32 Å². The summed E-state index contributed by atoms with van der Waals surface area (Å²) in [6.07, 6.45) is -0.763. The van der Waals surface area contributed by atoms with Crippen LogP contribution in [0.2, 0.25) is 0 Å². The maximum atomic E-state index is 13.5. The van der Waals surface area contributed by atoms with Crippen molar-refractivity contribution in [3.8, 4) is 6.07 Å². The fraction of sp³-hybridized carbons (Fsp3) is 0.522. The van der Waals surface area contributed by atoms with Crippen LogP contribution in [0, 0.1) is 23.7 Å². The van der Waals surface area contributed by atoms with E-state index in [1.54, 1.807) is 31.2 Å². The Balaban J connectivity index is 2.95. The molecule has 0 bridgehead atoms. The van der Waals surface area contributed by atoms with Gasteiger partial charge >= 0.3 is 23.9 Å². The number of nitrogens with zero attached hydrogens (tertiary/aromatic N) is 1. The molecule has 10 heteroatoms. The second-order valence-electron chi connectivity index (χ2n) is 7.55. The molecule has 2 rings (SSSR count). The first-order valence-electron chi connectivity index (χ1n) is 10.4. The molecular formula is C23H28N2O8. The summed E-state index contributed by atoms with van der Waals surface area (Å²) in [5.74, 6) is -5.12. The predicted molar refractivity (Wildman–Crippen MR) is 114 cm³/mol. The normalized spacial score (nSPS) is 26.1. The van der Waals surface area contributed by atoms with Crippen molar-refractivity contribution >= 4 is 23.9 Å². The number of hydrogen-bond donors (Lipinski definition) is 1. The van der Waals surface area contributed by atoms with Gasteiger partial charge in [0.05, 0.1) is 39.9 Å². The molecule has 33 heavy (non-hydrogen) atoms. The molecule has 1 aliphatic heterocycles. The lowest BCUT2D eigenvalue weighted by Crippen LogP contribution is -2.63. The van der Waals surface area contributed by atoms with Gasteiger partial charge in [-0.25, -0.2) is 4.79 Å². The number of esters is 4. The van der Waals surface area contributed by atoms with E-state index in [4.69, 9.17) is 18.9 Å². The average Bonchev–Trinajstić information content (AvgIpc) is 3.11. The van der Waals surface area contributed by atoms with Gasteiger partial charge in [0.2, 0.25) is 0 Å². The second kappa shape index (κ2) is 10.4. The van der Waals surface area contributed by atoms with E-state index in [9.17, 15) is 24.4 Å². The zero-order chi connectivity index (χ0) is 24.8. The molecule has 4 atom stereocenters. The lowest BCUT2D eigenvalue weighted by Gasteiger charge is -2.38. The minimum atomic E-state index is -2.36. The van der Waals surface area contributed by atoms with Crippen molar-refractivity contribution in [2.45, 2.75) is 44.7 Å². The maximum absolute atomic E-state index is 13.5. The number of methoxy groups -OCH3 is 2. The Bertz CT molecular complexity index is 954. The van der Waals surface area contributed by atoms with Crippen LogP contribution in [0.4, 0.5) is 0 Å². The van der Waals surface area contributed by atoms with E-state index < -0.39 is 53.2 Å². The summed E-state index contributed by atoms with van der Waals surface area (Å²) in [5, 5.41) is 13.3. The van der Waals surface area contributed by atoms with Gasteiger partial charge in [0.25, 0.3) is 0 Å². The summed E-state index contributed by atoms with van der Waals surface area (Å²) in [5.41, 5.74) is -3.36. The van der Waals surface area contributed by atoms with Crippen LogP contribution in [0.5, 0.6) is 0 Å². The summed E-state index contributed by atoms with van der Waals surface area (Å²) in [4.78, 5) is 52.1. The Kier molecular flexibility index (Phi) is 8.17. The SMILES string of the molecule is CCOC(=O)[C@@H]1N[C@@](CC(=O)OC)(C(=O)OC)[C@](C#N)(C(=O)OCC)[C@H]1c1ccc(C)cc1. The average molecular weight is 460 g/mol. The van der Waals surface area contributed by atoms with Crippen LogP contribution in [0.1, 0.15) is 37.3 Å². The Labute approximate surface area is 192 Å². The first kappa shape index (κ1) is 25.8. The molecule has 1 saturated heterocycles. The number of ether oxygens (including phenoxy) is 4. The summed E-state index contributed by atoms with van der Waals surface area (Å²) < 4.78 is 20.1. The molecule has 0 amide bonds. The molecule has 1 N–H and O–H groups in total. The largest absolute Gasteiger partial charge is 0.469 e. The summed E-state index contributed by atoms with van der Waals surface area (Å²) in [6, 6.07) is 7.35. The minimum Gasteiger partial charge on any atom is -0.469 e. The van der Waals surface area contributed by atoms with E-state index in [1.165, 1.54) is 6.92 Å². The molecule has 178 valence electrons. The second-order valence-corrected chi connectivity index (χ2v) is 7.55. The van der Waals surface area contributed by atoms with Crippen molar-refractivity contribution in [2.24, 2.45) is 5.41 Å². The highest BCUT2D eigenvalue weighted by Crippen LogP contribution is 2.55. The number of rotatable bonds is 8.